The predicted octanol–water partition coefficient (Wildman–Crippen LogP) is 4.42. The van der Waals surface area contributed by atoms with Gasteiger partial charge in [0.05, 0.1) is 0 Å². The second kappa shape index (κ2) is 3.98. The van der Waals surface area contributed by atoms with E-state index < -0.39 is 0 Å². The van der Waals surface area contributed by atoms with Crippen molar-refractivity contribution in [3.05, 3.63) is 53.1 Å². The highest BCUT2D eigenvalue weighted by Gasteiger charge is 2.11. The lowest BCUT2D eigenvalue weighted by atomic mass is 10.1. The molecular formula is C16H15NO. The zero-order valence-electron chi connectivity index (χ0n) is 10.8. The summed E-state index contributed by atoms with van der Waals surface area (Å²) in [6, 6.07) is 12.4. The molecule has 2 heteroatoms. The van der Waals surface area contributed by atoms with Crippen LogP contribution in [-0.2, 0) is 0 Å². The molecule has 0 saturated carbocycles. The Morgan fingerprint density at radius 1 is 0.833 bits per heavy atom. The van der Waals surface area contributed by atoms with Gasteiger partial charge >= 0.3 is 0 Å². The van der Waals surface area contributed by atoms with Crippen LogP contribution in [0.1, 0.15) is 16.7 Å². The van der Waals surface area contributed by atoms with E-state index >= 15 is 0 Å². The largest absolute Gasteiger partial charge is 0.436 e. The summed E-state index contributed by atoms with van der Waals surface area (Å²) in [5.41, 5.74) is 6.40. The first-order valence-electron chi connectivity index (χ1n) is 6.09. The number of hydrogen-bond acceptors (Lipinski definition) is 2. The van der Waals surface area contributed by atoms with Gasteiger partial charge in [-0.15, -0.1) is 0 Å². The van der Waals surface area contributed by atoms with Crippen LogP contribution in [0, 0.1) is 20.8 Å². The summed E-state index contributed by atoms with van der Waals surface area (Å²) in [7, 11) is 0. The van der Waals surface area contributed by atoms with Crippen molar-refractivity contribution in [2.24, 2.45) is 0 Å². The van der Waals surface area contributed by atoms with Gasteiger partial charge in [-0.1, -0.05) is 29.8 Å². The molecule has 0 unspecified atom stereocenters. The van der Waals surface area contributed by atoms with E-state index in [9.17, 15) is 0 Å². The molecule has 0 N–H and O–H groups in total. The van der Waals surface area contributed by atoms with Gasteiger partial charge in [0.2, 0.25) is 5.89 Å². The summed E-state index contributed by atoms with van der Waals surface area (Å²) in [5, 5.41) is 0. The Morgan fingerprint density at radius 3 is 2.17 bits per heavy atom. The van der Waals surface area contributed by atoms with Crippen LogP contribution in [0.4, 0.5) is 0 Å². The number of rotatable bonds is 1. The van der Waals surface area contributed by atoms with E-state index in [1.54, 1.807) is 0 Å². The zero-order valence-corrected chi connectivity index (χ0v) is 10.8. The van der Waals surface area contributed by atoms with Crippen molar-refractivity contribution in [2.45, 2.75) is 20.8 Å². The van der Waals surface area contributed by atoms with Gasteiger partial charge in [-0.2, -0.15) is 0 Å². The van der Waals surface area contributed by atoms with Crippen LogP contribution < -0.4 is 0 Å². The molecule has 0 aliphatic carbocycles. The van der Waals surface area contributed by atoms with Crippen LogP contribution >= 0.6 is 0 Å². The highest BCUT2D eigenvalue weighted by atomic mass is 16.3. The Balaban J connectivity index is 2.22. The lowest BCUT2D eigenvalue weighted by Gasteiger charge is -1.95. The lowest BCUT2D eigenvalue weighted by molar-refractivity contribution is 0.617. The molecule has 90 valence electrons. The van der Waals surface area contributed by atoms with Gasteiger partial charge in [0.25, 0.3) is 0 Å². The molecule has 0 saturated heterocycles. The van der Waals surface area contributed by atoms with Crippen molar-refractivity contribution in [3.8, 4) is 11.5 Å². The molecule has 1 aromatic heterocycles. The minimum Gasteiger partial charge on any atom is -0.436 e. The van der Waals surface area contributed by atoms with E-state index in [1.165, 1.54) is 5.56 Å². The summed E-state index contributed by atoms with van der Waals surface area (Å²) in [6.45, 7) is 6.18. The molecule has 2 nitrogen and oxygen atoms in total. The van der Waals surface area contributed by atoms with Gasteiger partial charge < -0.3 is 4.42 Å². The van der Waals surface area contributed by atoms with Crippen LogP contribution in [-0.4, -0.2) is 4.98 Å². The SMILES string of the molecule is Cc1ccc(-c2nc3c(C)ccc(C)c3o2)cc1. The van der Waals surface area contributed by atoms with Crippen molar-refractivity contribution in [3.63, 3.8) is 0 Å². The van der Waals surface area contributed by atoms with Crippen LogP contribution in [0.15, 0.2) is 40.8 Å². The highest BCUT2D eigenvalue weighted by molar-refractivity contribution is 5.82. The maximum atomic E-state index is 5.89. The number of benzene rings is 2. The van der Waals surface area contributed by atoms with Crippen molar-refractivity contribution in [1.29, 1.82) is 0 Å². The van der Waals surface area contributed by atoms with Gasteiger partial charge in [0.1, 0.15) is 5.52 Å². The highest BCUT2D eigenvalue weighted by Crippen LogP contribution is 2.28. The first-order chi connectivity index (χ1) is 8.65. The van der Waals surface area contributed by atoms with E-state index in [1.807, 2.05) is 19.1 Å². The Kier molecular flexibility index (Phi) is 2.44. The van der Waals surface area contributed by atoms with Gasteiger partial charge in [0.15, 0.2) is 5.58 Å². The maximum Gasteiger partial charge on any atom is 0.227 e. The normalized spacial score (nSPS) is 11.1. The molecule has 2 aromatic carbocycles. The van der Waals surface area contributed by atoms with Crippen molar-refractivity contribution in [1.82, 2.24) is 4.98 Å². The van der Waals surface area contributed by atoms with E-state index in [0.717, 1.165) is 27.8 Å². The quantitative estimate of drug-likeness (QED) is 0.626. The summed E-state index contributed by atoms with van der Waals surface area (Å²) < 4.78 is 5.89. The van der Waals surface area contributed by atoms with Gasteiger partial charge in [0, 0.05) is 5.56 Å². The minimum atomic E-state index is 0.697. The first kappa shape index (κ1) is 11.0. The minimum absolute atomic E-state index is 0.697. The summed E-state index contributed by atoms with van der Waals surface area (Å²) >= 11 is 0. The van der Waals surface area contributed by atoms with E-state index in [4.69, 9.17) is 4.42 Å². The molecule has 3 rings (SSSR count). The Hall–Kier alpha value is -2.09. The molecule has 0 aliphatic heterocycles. The van der Waals surface area contributed by atoms with Gasteiger partial charge in [-0.25, -0.2) is 4.98 Å². The van der Waals surface area contributed by atoms with Crippen LogP contribution in [0.2, 0.25) is 0 Å². The Labute approximate surface area is 106 Å². The fourth-order valence-electron chi connectivity index (χ4n) is 2.08. The molecule has 0 atom stereocenters. The van der Waals surface area contributed by atoms with Crippen molar-refractivity contribution >= 4 is 11.1 Å². The van der Waals surface area contributed by atoms with Gasteiger partial charge in [-0.05, 0) is 44.0 Å². The van der Waals surface area contributed by atoms with E-state index in [2.05, 4.69) is 43.1 Å². The molecule has 0 amide bonds. The fourth-order valence-corrected chi connectivity index (χ4v) is 2.08. The first-order valence-corrected chi connectivity index (χ1v) is 6.09. The molecular weight excluding hydrogens is 222 g/mol. The molecule has 3 aromatic rings. The zero-order chi connectivity index (χ0) is 12.7. The summed E-state index contributed by atoms with van der Waals surface area (Å²) in [6.07, 6.45) is 0. The third-order valence-electron chi connectivity index (χ3n) is 3.24. The second-order valence-corrected chi connectivity index (χ2v) is 4.76. The third kappa shape index (κ3) is 1.70. The Morgan fingerprint density at radius 2 is 1.50 bits per heavy atom. The van der Waals surface area contributed by atoms with Crippen LogP contribution in [0.5, 0.6) is 0 Å². The molecule has 0 radical (unpaired) electrons. The molecule has 1 heterocycles. The summed E-state index contributed by atoms with van der Waals surface area (Å²) in [5.74, 6) is 0.697. The fraction of sp³-hybridized carbons (Fsp3) is 0.188. The van der Waals surface area contributed by atoms with Crippen molar-refractivity contribution in [2.75, 3.05) is 0 Å². The van der Waals surface area contributed by atoms with Crippen molar-refractivity contribution < 1.29 is 4.42 Å². The number of nitrogens with zero attached hydrogens (tertiary/aromatic N) is 1. The number of aromatic nitrogens is 1. The van der Waals surface area contributed by atoms with E-state index in [-0.39, 0.29) is 0 Å². The predicted molar refractivity (Wildman–Crippen MR) is 73.7 cm³/mol. The monoisotopic (exact) mass is 237 g/mol. The van der Waals surface area contributed by atoms with Crippen LogP contribution in [0.25, 0.3) is 22.6 Å². The molecule has 0 spiro atoms. The number of fused-ring (bicyclic) bond motifs is 1. The topological polar surface area (TPSA) is 26.0 Å². The average Bonchev–Trinajstić information content (AvgIpc) is 2.81. The van der Waals surface area contributed by atoms with E-state index in [0.29, 0.717) is 5.89 Å². The molecule has 18 heavy (non-hydrogen) atoms. The standard InChI is InChI=1S/C16H15NO/c1-10-4-8-13(9-5-10)16-17-14-11(2)6-7-12(3)15(14)18-16/h4-9H,1-3H3. The molecule has 0 fully saturated rings. The smallest absolute Gasteiger partial charge is 0.227 e. The third-order valence-corrected chi connectivity index (χ3v) is 3.24. The number of oxazole rings is 1. The van der Waals surface area contributed by atoms with Crippen LogP contribution in [0.3, 0.4) is 0 Å². The molecule has 0 bridgehead atoms. The number of hydrogen-bond donors (Lipinski definition) is 0. The summed E-state index contributed by atoms with van der Waals surface area (Å²) in [4.78, 5) is 4.61. The number of aryl methyl sites for hydroxylation is 3. The maximum absolute atomic E-state index is 5.89. The second-order valence-electron chi connectivity index (χ2n) is 4.76. The lowest BCUT2D eigenvalue weighted by Crippen LogP contribution is -1.80. The molecule has 0 aliphatic rings. The Bertz CT molecular complexity index is 669. The average molecular weight is 237 g/mol. The van der Waals surface area contributed by atoms with Gasteiger partial charge in [-0.3, -0.25) is 0 Å².